The Labute approximate surface area is 123 Å². The highest BCUT2D eigenvalue weighted by Crippen LogP contribution is 2.37. The smallest absolute Gasteiger partial charge is 0.162 e. The minimum absolute atomic E-state index is 0.303. The van der Waals surface area contributed by atoms with Gasteiger partial charge in [-0.05, 0) is 47.9 Å². The molecule has 110 valence electrons. The molecular formula is C18H19F2N. The maximum atomic E-state index is 13.7. The summed E-state index contributed by atoms with van der Waals surface area (Å²) in [7, 11) is 0. The third-order valence-corrected chi connectivity index (χ3v) is 4.39. The summed E-state index contributed by atoms with van der Waals surface area (Å²) in [4.78, 5) is 0. The molecule has 21 heavy (non-hydrogen) atoms. The van der Waals surface area contributed by atoms with E-state index in [4.69, 9.17) is 5.73 Å². The zero-order chi connectivity index (χ0) is 14.8. The predicted molar refractivity (Wildman–Crippen MR) is 80.0 cm³/mol. The summed E-state index contributed by atoms with van der Waals surface area (Å²) >= 11 is 0. The second-order valence-electron chi connectivity index (χ2n) is 5.82. The number of nitrogens with two attached hydrogens (primary N) is 1. The molecule has 1 aliphatic carbocycles. The standard InChI is InChI=1S/C18H19F2N/c19-16-9-3-8-15(18(16)20)11-17(21)14-7-2-6-13(10-14)12-4-1-5-12/h2-3,6-10,12,17H,1,4-5,11,21H2. The van der Waals surface area contributed by atoms with E-state index in [1.165, 1.54) is 30.9 Å². The third kappa shape index (κ3) is 2.98. The van der Waals surface area contributed by atoms with Crippen molar-refractivity contribution in [1.29, 1.82) is 0 Å². The first-order valence-electron chi connectivity index (χ1n) is 7.43. The fourth-order valence-electron chi connectivity index (χ4n) is 2.85. The molecule has 0 aromatic heterocycles. The van der Waals surface area contributed by atoms with Crippen molar-refractivity contribution in [1.82, 2.24) is 0 Å². The summed E-state index contributed by atoms with van der Waals surface area (Å²) in [6.45, 7) is 0. The van der Waals surface area contributed by atoms with Crippen molar-refractivity contribution in [2.75, 3.05) is 0 Å². The molecule has 2 N–H and O–H groups in total. The first-order valence-corrected chi connectivity index (χ1v) is 7.43. The van der Waals surface area contributed by atoms with Crippen molar-refractivity contribution in [3.05, 3.63) is 70.8 Å². The van der Waals surface area contributed by atoms with E-state index in [0.29, 0.717) is 17.9 Å². The van der Waals surface area contributed by atoms with Gasteiger partial charge in [0.1, 0.15) is 0 Å². The summed E-state index contributed by atoms with van der Waals surface area (Å²) in [5.41, 5.74) is 8.82. The Hall–Kier alpha value is -1.74. The maximum absolute atomic E-state index is 13.7. The molecule has 0 aliphatic heterocycles. The average Bonchev–Trinajstić information content (AvgIpc) is 2.42. The highest BCUT2D eigenvalue weighted by Gasteiger charge is 2.20. The van der Waals surface area contributed by atoms with Crippen LogP contribution in [-0.2, 0) is 6.42 Å². The van der Waals surface area contributed by atoms with Crippen LogP contribution in [0.4, 0.5) is 8.78 Å². The molecule has 0 saturated heterocycles. The highest BCUT2D eigenvalue weighted by atomic mass is 19.2. The van der Waals surface area contributed by atoms with E-state index in [-0.39, 0.29) is 6.04 Å². The number of halogens is 2. The van der Waals surface area contributed by atoms with Crippen molar-refractivity contribution in [2.24, 2.45) is 5.73 Å². The molecule has 2 aromatic carbocycles. The van der Waals surface area contributed by atoms with Crippen molar-refractivity contribution in [3.8, 4) is 0 Å². The molecular weight excluding hydrogens is 268 g/mol. The number of benzene rings is 2. The molecule has 1 unspecified atom stereocenters. The maximum Gasteiger partial charge on any atom is 0.162 e. The third-order valence-electron chi connectivity index (χ3n) is 4.39. The lowest BCUT2D eigenvalue weighted by molar-refractivity contribution is 0.419. The van der Waals surface area contributed by atoms with Gasteiger partial charge in [0, 0.05) is 6.04 Å². The fourth-order valence-corrected chi connectivity index (χ4v) is 2.85. The van der Waals surface area contributed by atoms with Crippen LogP contribution in [0.5, 0.6) is 0 Å². The lowest BCUT2D eigenvalue weighted by Crippen LogP contribution is -2.16. The minimum atomic E-state index is -0.817. The number of hydrogen-bond donors (Lipinski definition) is 1. The minimum Gasteiger partial charge on any atom is -0.324 e. The molecule has 3 rings (SSSR count). The van der Waals surface area contributed by atoms with Gasteiger partial charge in [-0.25, -0.2) is 8.78 Å². The monoisotopic (exact) mass is 287 g/mol. The van der Waals surface area contributed by atoms with Crippen LogP contribution in [0.25, 0.3) is 0 Å². The summed E-state index contributed by atoms with van der Waals surface area (Å²) < 4.78 is 27.0. The molecule has 1 fully saturated rings. The van der Waals surface area contributed by atoms with Gasteiger partial charge in [0.25, 0.3) is 0 Å². The quantitative estimate of drug-likeness (QED) is 0.882. The van der Waals surface area contributed by atoms with Gasteiger partial charge in [0.05, 0.1) is 0 Å². The number of rotatable bonds is 4. The van der Waals surface area contributed by atoms with Crippen LogP contribution in [0, 0.1) is 11.6 Å². The lowest BCUT2D eigenvalue weighted by Gasteiger charge is -2.26. The Kier molecular flexibility index (Phi) is 4.02. The Morgan fingerprint density at radius 3 is 2.57 bits per heavy atom. The van der Waals surface area contributed by atoms with Gasteiger partial charge in [0.15, 0.2) is 11.6 Å². The van der Waals surface area contributed by atoms with Gasteiger partial charge in [0.2, 0.25) is 0 Å². The highest BCUT2D eigenvalue weighted by molar-refractivity contribution is 5.31. The Morgan fingerprint density at radius 2 is 1.86 bits per heavy atom. The van der Waals surface area contributed by atoms with E-state index in [0.717, 1.165) is 11.6 Å². The summed E-state index contributed by atoms with van der Waals surface area (Å²) in [5.74, 6) is -0.964. The van der Waals surface area contributed by atoms with Crippen molar-refractivity contribution in [3.63, 3.8) is 0 Å². The van der Waals surface area contributed by atoms with Crippen LogP contribution in [0.15, 0.2) is 42.5 Å². The molecule has 1 nitrogen and oxygen atoms in total. The summed E-state index contributed by atoms with van der Waals surface area (Å²) in [5, 5.41) is 0. The molecule has 0 radical (unpaired) electrons. The SMILES string of the molecule is NC(Cc1cccc(F)c1F)c1cccc(C2CCC2)c1. The Balaban J connectivity index is 1.78. The van der Waals surface area contributed by atoms with Crippen molar-refractivity contribution >= 4 is 0 Å². The molecule has 0 amide bonds. The average molecular weight is 287 g/mol. The van der Waals surface area contributed by atoms with Gasteiger partial charge >= 0.3 is 0 Å². The molecule has 1 aliphatic rings. The van der Waals surface area contributed by atoms with Crippen LogP contribution in [0.2, 0.25) is 0 Å². The lowest BCUT2D eigenvalue weighted by atomic mass is 9.79. The Morgan fingerprint density at radius 1 is 1.10 bits per heavy atom. The van der Waals surface area contributed by atoms with Crippen LogP contribution < -0.4 is 5.73 Å². The molecule has 3 heteroatoms. The molecule has 1 saturated carbocycles. The van der Waals surface area contributed by atoms with Crippen LogP contribution in [0.3, 0.4) is 0 Å². The Bertz CT molecular complexity index is 635. The summed E-state index contributed by atoms with van der Waals surface area (Å²) in [6, 6.07) is 12.1. The second kappa shape index (κ2) is 5.94. The number of hydrogen-bond acceptors (Lipinski definition) is 1. The summed E-state index contributed by atoms with van der Waals surface area (Å²) in [6.07, 6.45) is 4.06. The van der Waals surface area contributed by atoms with Crippen molar-refractivity contribution in [2.45, 2.75) is 37.6 Å². The van der Waals surface area contributed by atoms with Gasteiger partial charge in [-0.2, -0.15) is 0 Å². The van der Waals surface area contributed by atoms with E-state index < -0.39 is 11.6 Å². The molecule has 0 spiro atoms. The van der Waals surface area contributed by atoms with Crippen molar-refractivity contribution < 1.29 is 8.78 Å². The van der Waals surface area contributed by atoms with E-state index in [9.17, 15) is 8.78 Å². The van der Waals surface area contributed by atoms with E-state index in [1.54, 1.807) is 6.07 Å². The van der Waals surface area contributed by atoms with Gasteiger partial charge in [-0.3, -0.25) is 0 Å². The molecule has 1 atom stereocenters. The fraction of sp³-hybridized carbons (Fsp3) is 0.333. The van der Waals surface area contributed by atoms with Crippen LogP contribution in [-0.4, -0.2) is 0 Å². The largest absolute Gasteiger partial charge is 0.324 e. The van der Waals surface area contributed by atoms with Crippen LogP contribution >= 0.6 is 0 Å². The van der Waals surface area contributed by atoms with E-state index in [2.05, 4.69) is 12.1 Å². The first kappa shape index (κ1) is 14.2. The molecule has 0 bridgehead atoms. The first-order chi connectivity index (χ1) is 10.1. The zero-order valence-corrected chi connectivity index (χ0v) is 11.9. The second-order valence-corrected chi connectivity index (χ2v) is 5.82. The van der Waals surface area contributed by atoms with E-state index in [1.807, 2.05) is 12.1 Å². The van der Waals surface area contributed by atoms with E-state index >= 15 is 0 Å². The normalized spacial score (nSPS) is 16.5. The predicted octanol–water partition coefficient (Wildman–Crippen LogP) is 4.47. The molecule has 0 heterocycles. The van der Waals surface area contributed by atoms with Gasteiger partial charge in [-0.15, -0.1) is 0 Å². The van der Waals surface area contributed by atoms with Gasteiger partial charge in [-0.1, -0.05) is 42.8 Å². The van der Waals surface area contributed by atoms with Crippen LogP contribution in [0.1, 0.15) is 47.9 Å². The molecule has 2 aromatic rings. The van der Waals surface area contributed by atoms with Gasteiger partial charge < -0.3 is 5.73 Å². The topological polar surface area (TPSA) is 26.0 Å². The zero-order valence-electron chi connectivity index (χ0n) is 11.9.